The van der Waals surface area contributed by atoms with Crippen molar-refractivity contribution in [1.29, 1.82) is 0 Å². The average molecular weight is 294 g/mol. The summed E-state index contributed by atoms with van der Waals surface area (Å²) in [7, 11) is 0. The van der Waals surface area contributed by atoms with Crippen LogP contribution in [0.4, 0.5) is 5.13 Å². The highest BCUT2D eigenvalue weighted by atomic mass is 32.1. The Morgan fingerprint density at radius 2 is 2.00 bits per heavy atom. The van der Waals surface area contributed by atoms with Crippen LogP contribution in [0.15, 0.2) is 11.6 Å². The quantitative estimate of drug-likeness (QED) is 0.921. The molecule has 112 valence electrons. The van der Waals surface area contributed by atoms with Crippen molar-refractivity contribution >= 4 is 16.5 Å². The second-order valence-electron chi connectivity index (χ2n) is 6.18. The van der Waals surface area contributed by atoms with Gasteiger partial charge in [-0.3, -0.25) is 4.90 Å². The molecule has 1 N–H and O–H groups in total. The summed E-state index contributed by atoms with van der Waals surface area (Å²) < 4.78 is 0. The maximum atomic E-state index is 4.43. The topological polar surface area (TPSA) is 31.4 Å². The van der Waals surface area contributed by atoms with Crippen LogP contribution in [0.2, 0.25) is 0 Å². The lowest BCUT2D eigenvalue weighted by atomic mass is 9.76. The van der Waals surface area contributed by atoms with E-state index in [4.69, 9.17) is 0 Å². The number of rotatable bonds is 4. The zero-order chi connectivity index (χ0) is 13.8. The minimum Gasteiger partial charge on any atom is -0.346 e. The highest BCUT2D eigenvalue weighted by Crippen LogP contribution is 2.33. The molecule has 1 aromatic rings. The number of thiazole rings is 1. The van der Waals surface area contributed by atoms with E-state index in [1.165, 1.54) is 57.1 Å². The molecule has 5 heteroatoms. The van der Waals surface area contributed by atoms with Gasteiger partial charge >= 0.3 is 0 Å². The van der Waals surface area contributed by atoms with Crippen molar-refractivity contribution in [3.63, 3.8) is 0 Å². The average Bonchev–Trinajstić information content (AvgIpc) is 3.03. The lowest BCUT2D eigenvalue weighted by molar-refractivity contribution is 0.102. The first-order valence-electron chi connectivity index (χ1n) is 7.89. The third-order valence-corrected chi connectivity index (χ3v) is 5.87. The number of piperazine rings is 1. The molecular weight excluding hydrogens is 268 g/mol. The first kappa shape index (κ1) is 14.3. The summed E-state index contributed by atoms with van der Waals surface area (Å²) in [6.07, 6.45) is 5.92. The van der Waals surface area contributed by atoms with Gasteiger partial charge < -0.3 is 10.2 Å². The monoisotopic (exact) mass is 294 g/mol. The van der Waals surface area contributed by atoms with Crippen molar-refractivity contribution in [3.8, 4) is 0 Å². The van der Waals surface area contributed by atoms with Gasteiger partial charge in [0.1, 0.15) is 0 Å². The standard InChI is InChI=1S/C15H26N4S/c1-2-15(3-5-16-6-4-15)13-18-8-10-19(11-9-18)14-17-7-12-20-14/h7,12,16H,2-6,8-11,13H2,1H3. The number of nitrogens with zero attached hydrogens (tertiary/aromatic N) is 3. The van der Waals surface area contributed by atoms with E-state index in [1.54, 1.807) is 11.3 Å². The Labute approximate surface area is 126 Å². The van der Waals surface area contributed by atoms with Crippen LogP contribution in [0.1, 0.15) is 26.2 Å². The van der Waals surface area contributed by atoms with Gasteiger partial charge in [0.15, 0.2) is 5.13 Å². The molecular formula is C15H26N4S. The predicted octanol–water partition coefficient (Wildman–Crippen LogP) is 2.04. The normalized spacial score (nSPS) is 23.9. The summed E-state index contributed by atoms with van der Waals surface area (Å²) >= 11 is 1.76. The summed E-state index contributed by atoms with van der Waals surface area (Å²) in [6.45, 7) is 10.7. The molecule has 2 aliphatic rings. The molecule has 20 heavy (non-hydrogen) atoms. The molecule has 3 rings (SSSR count). The molecule has 2 saturated heterocycles. The molecule has 0 atom stereocenters. The Morgan fingerprint density at radius 3 is 2.60 bits per heavy atom. The zero-order valence-electron chi connectivity index (χ0n) is 12.5. The van der Waals surface area contributed by atoms with Crippen LogP contribution >= 0.6 is 11.3 Å². The van der Waals surface area contributed by atoms with Gasteiger partial charge in [-0.1, -0.05) is 6.92 Å². The summed E-state index contributed by atoms with van der Waals surface area (Å²) in [4.78, 5) is 9.54. The Morgan fingerprint density at radius 1 is 1.25 bits per heavy atom. The molecule has 3 heterocycles. The van der Waals surface area contributed by atoms with E-state index in [1.807, 2.05) is 6.20 Å². The van der Waals surface area contributed by atoms with Gasteiger partial charge in [-0.05, 0) is 37.8 Å². The van der Waals surface area contributed by atoms with Gasteiger partial charge in [0, 0.05) is 44.3 Å². The molecule has 2 fully saturated rings. The van der Waals surface area contributed by atoms with Crippen molar-refractivity contribution in [2.45, 2.75) is 26.2 Å². The number of piperidine rings is 1. The van der Waals surface area contributed by atoms with E-state index in [-0.39, 0.29) is 0 Å². The van der Waals surface area contributed by atoms with Gasteiger partial charge in [-0.2, -0.15) is 0 Å². The van der Waals surface area contributed by atoms with Crippen LogP contribution in [0.25, 0.3) is 0 Å². The van der Waals surface area contributed by atoms with Crippen LogP contribution < -0.4 is 10.2 Å². The number of aromatic nitrogens is 1. The van der Waals surface area contributed by atoms with Gasteiger partial charge in [0.2, 0.25) is 0 Å². The highest BCUT2D eigenvalue weighted by Gasteiger charge is 2.33. The molecule has 0 aromatic carbocycles. The van der Waals surface area contributed by atoms with Crippen LogP contribution in [0, 0.1) is 5.41 Å². The Kier molecular flexibility index (Phi) is 4.58. The third-order valence-electron chi connectivity index (χ3n) is 5.04. The molecule has 0 radical (unpaired) electrons. The fourth-order valence-electron chi connectivity index (χ4n) is 3.52. The largest absolute Gasteiger partial charge is 0.346 e. The Hall–Kier alpha value is -0.650. The second kappa shape index (κ2) is 6.41. The Bertz CT molecular complexity index is 392. The van der Waals surface area contributed by atoms with Gasteiger partial charge in [-0.15, -0.1) is 11.3 Å². The molecule has 1 aromatic heterocycles. The van der Waals surface area contributed by atoms with Crippen molar-refractivity contribution in [1.82, 2.24) is 15.2 Å². The maximum Gasteiger partial charge on any atom is 0.185 e. The minimum atomic E-state index is 0.564. The van der Waals surface area contributed by atoms with E-state index in [2.05, 4.69) is 32.4 Å². The fraction of sp³-hybridized carbons (Fsp3) is 0.800. The van der Waals surface area contributed by atoms with E-state index in [0.29, 0.717) is 5.41 Å². The van der Waals surface area contributed by atoms with E-state index < -0.39 is 0 Å². The van der Waals surface area contributed by atoms with Crippen LogP contribution in [-0.2, 0) is 0 Å². The van der Waals surface area contributed by atoms with Gasteiger partial charge in [0.25, 0.3) is 0 Å². The van der Waals surface area contributed by atoms with E-state index in [0.717, 1.165) is 13.1 Å². The van der Waals surface area contributed by atoms with Gasteiger partial charge in [-0.25, -0.2) is 4.98 Å². The van der Waals surface area contributed by atoms with Crippen molar-refractivity contribution in [3.05, 3.63) is 11.6 Å². The van der Waals surface area contributed by atoms with E-state index in [9.17, 15) is 0 Å². The molecule has 0 aliphatic carbocycles. The van der Waals surface area contributed by atoms with Crippen molar-refractivity contribution < 1.29 is 0 Å². The summed E-state index contributed by atoms with van der Waals surface area (Å²) in [5.41, 5.74) is 0.564. The lowest BCUT2D eigenvalue weighted by Gasteiger charge is -2.43. The first-order valence-corrected chi connectivity index (χ1v) is 8.77. The number of anilines is 1. The van der Waals surface area contributed by atoms with Crippen molar-refractivity contribution in [2.24, 2.45) is 5.41 Å². The minimum absolute atomic E-state index is 0.564. The van der Waals surface area contributed by atoms with Crippen LogP contribution in [0.3, 0.4) is 0 Å². The number of hydrogen-bond donors (Lipinski definition) is 1. The molecule has 0 bridgehead atoms. The maximum absolute atomic E-state index is 4.43. The van der Waals surface area contributed by atoms with Gasteiger partial charge in [0.05, 0.1) is 0 Å². The highest BCUT2D eigenvalue weighted by molar-refractivity contribution is 7.13. The summed E-state index contributed by atoms with van der Waals surface area (Å²) in [5, 5.41) is 6.77. The second-order valence-corrected chi connectivity index (χ2v) is 7.05. The molecule has 2 aliphatic heterocycles. The first-order chi connectivity index (χ1) is 9.81. The fourth-order valence-corrected chi connectivity index (χ4v) is 4.22. The Balaban J connectivity index is 1.53. The predicted molar refractivity (Wildman–Crippen MR) is 85.6 cm³/mol. The third kappa shape index (κ3) is 3.15. The lowest BCUT2D eigenvalue weighted by Crippen LogP contribution is -2.51. The molecule has 0 amide bonds. The zero-order valence-corrected chi connectivity index (χ0v) is 13.3. The molecule has 0 saturated carbocycles. The van der Waals surface area contributed by atoms with E-state index >= 15 is 0 Å². The number of nitrogens with one attached hydrogen (secondary N) is 1. The summed E-state index contributed by atoms with van der Waals surface area (Å²) in [6, 6.07) is 0. The van der Waals surface area contributed by atoms with Crippen molar-refractivity contribution in [2.75, 3.05) is 50.7 Å². The molecule has 0 spiro atoms. The SMILES string of the molecule is CCC1(CN2CCN(c3nccs3)CC2)CCNCC1. The molecule has 0 unspecified atom stereocenters. The smallest absolute Gasteiger partial charge is 0.185 e. The molecule has 4 nitrogen and oxygen atoms in total. The van der Waals surface area contributed by atoms with Crippen LogP contribution in [-0.4, -0.2) is 55.7 Å². The number of hydrogen-bond acceptors (Lipinski definition) is 5. The summed E-state index contributed by atoms with van der Waals surface area (Å²) in [5.74, 6) is 0. The van der Waals surface area contributed by atoms with Crippen LogP contribution in [0.5, 0.6) is 0 Å².